The molecule has 7 heteroatoms. The average molecular weight is 417 g/mol. The molecule has 0 atom stereocenters. The number of aromatic nitrogens is 1. The highest BCUT2D eigenvalue weighted by atomic mass is 16.6. The molecule has 166 valence electrons. The van der Waals surface area contributed by atoms with Gasteiger partial charge in [0.25, 0.3) is 0 Å². The number of rotatable bonds is 6. The van der Waals surface area contributed by atoms with Gasteiger partial charge in [-0.25, -0.2) is 9.59 Å². The fourth-order valence-electron chi connectivity index (χ4n) is 4.07. The summed E-state index contributed by atoms with van der Waals surface area (Å²) in [5, 5.41) is 3.04. The summed E-state index contributed by atoms with van der Waals surface area (Å²) < 4.78 is 5.45. The summed E-state index contributed by atoms with van der Waals surface area (Å²) in [5.41, 5.74) is 0.771. The predicted molar refractivity (Wildman–Crippen MR) is 116 cm³/mol. The van der Waals surface area contributed by atoms with Gasteiger partial charge in [-0.1, -0.05) is 18.9 Å². The Morgan fingerprint density at radius 3 is 2.53 bits per heavy atom. The largest absolute Gasteiger partial charge is 0.444 e. The van der Waals surface area contributed by atoms with Crippen LogP contribution in [0.4, 0.5) is 9.59 Å². The van der Waals surface area contributed by atoms with Gasteiger partial charge in [0.05, 0.1) is 0 Å². The Morgan fingerprint density at radius 1 is 1.17 bits per heavy atom. The van der Waals surface area contributed by atoms with Crippen LogP contribution in [0.15, 0.2) is 24.5 Å². The highest BCUT2D eigenvalue weighted by Crippen LogP contribution is 2.26. The number of pyridine rings is 1. The zero-order valence-corrected chi connectivity index (χ0v) is 18.6. The van der Waals surface area contributed by atoms with Gasteiger partial charge in [0.15, 0.2) is 0 Å². The minimum Gasteiger partial charge on any atom is -0.444 e. The Kier molecular flexibility index (Phi) is 7.56. The van der Waals surface area contributed by atoms with Crippen molar-refractivity contribution in [1.82, 2.24) is 20.1 Å². The summed E-state index contributed by atoms with van der Waals surface area (Å²) >= 11 is 0. The van der Waals surface area contributed by atoms with Gasteiger partial charge in [-0.05, 0) is 57.6 Å². The van der Waals surface area contributed by atoms with E-state index in [1.807, 2.05) is 42.8 Å². The number of ether oxygens (including phenoxy) is 1. The van der Waals surface area contributed by atoms with E-state index in [0.717, 1.165) is 64.8 Å². The number of piperidine rings is 1. The number of nitrogens with zero attached hydrogens (tertiary/aromatic N) is 3. The van der Waals surface area contributed by atoms with Crippen molar-refractivity contribution in [1.29, 1.82) is 0 Å². The summed E-state index contributed by atoms with van der Waals surface area (Å²) in [6.45, 7) is 9.53. The molecule has 0 spiro atoms. The highest BCUT2D eigenvalue weighted by Gasteiger charge is 2.31. The number of urea groups is 1. The molecule has 30 heavy (non-hydrogen) atoms. The first-order valence-electron chi connectivity index (χ1n) is 11.2. The predicted octanol–water partition coefficient (Wildman–Crippen LogP) is 4.01. The molecule has 7 nitrogen and oxygen atoms in total. The molecule has 2 saturated heterocycles. The van der Waals surface area contributed by atoms with Crippen molar-refractivity contribution in [2.75, 3.05) is 32.7 Å². The SMILES string of the molecule is CC(C)(C)OC(=O)N1CCC(CCCCNC(=O)N2CC(c3cccnc3)C2)CC1. The molecule has 2 aliphatic rings. The summed E-state index contributed by atoms with van der Waals surface area (Å²) in [6, 6.07) is 4.06. The fraction of sp³-hybridized carbons (Fsp3) is 0.696. The fourth-order valence-corrected chi connectivity index (χ4v) is 4.07. The molecule has 1 aromatic heterocycles. The van der Waals surface area contributed by atoms with E-state index in [4.69, 9.17) is 4.74 Å². The molecule has 3 heterocycles. The van der Waals surface area contributed by atoms with Crippen LogP contribution in [0, 0.1) is 5.92 Å². The van der Waals surface area contributed by atoms with Gasteiger partial charge in [-0.3, -0.25) is 4.98 Å². The normalized spacial score (nSPS) is 18.1. The maximum absolute atomic E-state index is 12.2. The lowest BCUT2D eigenvalue weighted by Crippen LogP contribution is -2.52. The summed E-state index contributed by atoms with van der Waals surface area (Å²) in [5.74, 6) is 1.08. The standard InChI is InChI=1S/C23H36N4O3/c1-23(2,3)30-22(29)26-13-9-18(10-14-26)7-4-5-12-25-21(28)27-16-20(17-27)19-8-6-11-24-15-19/h6,8,11,15,18,20H,4-5,7,9-10,12-14,16-17H2,1-3H3,(H,25,28). The monoisotopic (exact) mass is 416 g/mol. The molecule has 3 rings (SSSR count). The lowest BCUT2D eigenvalue weighted by molar-refractivity contribution is 0.0180. The van der Waals surface area contributed by atoms with Crippen LogP contribution in [0.1, 0.15) is 64.4 Å². The molecule has 2 fully saturated rings. The Labute approximate surface area is 180 Å². The number of carbonyl (C=O) groups is 2. The van der Waals surface area contributed by atoms with Gasteiger partial charge in [0.2, 0.25) is 0 Å². The van der Waals surface area contributed by atoms with Gasteiger partial charge in [0.1, 0.15) is 5.60 Å². The van der Waals surface area contributed by atoms with Gasteiger partial charge in [0, 0.05) is 51.0 Å². The van der Waals surface area contributed by atoms with Crippen molar-refractivity contribution in [3.05, 3.63) is 30.1 Å². The molecule has 3 amide bonds. The van der Waals surface area contributed by atoms with Crippen molar-refractivity contribution in [3.8, 4) is 0 Å². The smallest absolute Gasteiger partial charge is 0.410 e. The molecule has 0 aromatic carbocycles. The van der Waals surface area contributed by atoms with Crippen molar-refractivity contribution >= 4 is 12.1 Å². The van der Waals surface area contributed by atoms with E-state index in [1.165, 1.54) is 5.56 Å². The van der Waals surface area contributed by atoms with Crippen LogP contribution in [-0.4, -0.2) is 65.2 Å². The zero-order chi connectivity index (χ0) is 21.6. The summed E-state index contributed by atoms with van der Waals surface area (Å²) in [4.78, 5) is 32.2. The molecular formula is C23H36N4O3. The lowest BCUT2D eigenvalue weighted by atomic mass is 9.92. The highest BCUT2D eigenvalue weighted by molar-refractivity contribution is 5.75. The second-order valence-corrected chi connectivity index (χ2v) is 9.53. The molecule has 1 aromatic rings. The van der Waals surface area contributed by atoms with E-state index >= 15 is 0 Å². The van der Waals surface area contributed by atoms with Crippen LogP contribution in [0.25, 0.3) is 0 Å². The van der Waals surface area contributed by atoms with Gasteiger partial charge < -0.3 is 19.9 Å². The first-order chi connectivity index (χ1) is 14.3. The third-order valence-electron chi connectivity index (χ3n) is 5.91. The van der Waals surface area contributed by atoms with Crippen molar-refractivity contribution in [2.45, 2.75) is 64.4 Å². The number of nitrogens with one attached hydrogen (secondary N) is 1. The van der Waals surface area contributed by atoms with Gasteiger partial charge in [-0.2, -0.15) is 0 Å². The van der Waals surface area contributed by atoms with Crippen molar-refractivity contribution < 1.29 is 14.3 Å². The van der Waals surface area contributed by atoms with E-state index in [9.17, 15) is 9.59 Å². The Morgan fingerprint density at radius 2 is 1.90 bits per heavy atom. The van der Waals surface area contributed by atoms with E-state index in [0.29, 0.717) is 11.8 Å². The number of amides is 3. The quantitative estimate of drug-likeness (QED) is 0.711. The third kappa shape index (κ3) is 6.61. The Balaban J connectivity index is 1.22. The van der Waals surface area contributed by atoms with Gasteiger partial charge >= 0.3 is 12.1 Å². The van der Waals surface area contributed by atoms with Crippen molar-refractivity contribution in [3.63, 3.8) is 0 Å². The van der Waals surface area contributed by atoms with Crippen LogP contribution in [0.3, 0.4) is 0 Å². The minimum atomic E-state index is -0.436. The molecule has 0 bridgehead atoms. The average Bonchev–Trinajstić information content (AvgIpc) is 2.66. The second kappa shape index (κ2) is 10.1. The minimum absolute atomic E-state index is 0.0424. The van der Waals surface area contributed by atoms with Gasteiger partial charge in [-0.15, -0.1) is 0 Å². The van der Waals surface area contributed by atoms with Crippen LogP contribution in [0.5, 0.6) is 0 Å². The topological polar surface area (TPSA) is 74.8 Å². The van der Waals surface area contributed by atoms with Crippen LogP contribution < -0.4 is 5.32 Å². The number of likely N-dealkylation sites (tertiary alicyclic amines) is 2. The second-order valence-electron chi connectivity index (χ2n) is 9.53. The maximum atomic E-state index is 12.2. The number of carbonyl (C=O) groups excluding carboxylic acids is 2. The van der Waals surface area contributed by atoms with Crippen molar-refractivity contribution in [2.24, 2.45) is 5.92 Å². The molecular weight excluding hydrogens is 380 g/mol. The molecule has 0 saturated carbocycles. The number of hydrogen-bond donors (Lipinski definition) is 1. The van der Waals surface area contributed by atoms with E-state index in [2.05, 4.69) is 16.4 Å². The van der Waals surface area contributed by atoms with E-state index in [-0.39, 0.29) is 12.1 Å². The molecule has 0 aliphatic carbocycles. The maximum Gasteiger partial charge on any atom is 0.410 e. The molecule has 2 aliphatic heterocycles. The van der Waals surface area contributed by atoms with E-state index < -0.39 is 5.60 Å². The number of hydrogen-bond acceptors (Lipinski definition) is 4. The van der Waals surface area contributed by atoms with Crippen LogP contribution in [0.2, 0.25) is 0 Å². The molecule has 0 unspecified atom stereocenters. The Hall–Kier alpha value is -2.31. The third-order valence-corrected chi connectivity index (χ3v) is 5.91. The zero-order valence-electron chi connectivity index (χ0n) is 18.6. The summed E-state index contributed by atoms with van der Waals surface area (Å²) in [6.07, 6.45) is 8.80. The first kappa shape index (κ1) is 22.4. The van der Waals surface area contributed by atoms with E-state index in [1.54, 1.807) is 6.20 Å². The Bertz CT molecular complexity index is 690. The summed E-state index contributed by atoms with van der Waals surface area (Å²) in [7, 11) is 0. The van der Waals surface area contributed by atoms with Crippen LogP contribution in [-0.2, 0) is 4.74 Å². The molecule has 0 radical (unpaired) electrons. The van der Waals surface area contributed by atoms with Crippen LogP contribution >= 0.6 is 0 Å². The molecule has 1 N–H and O–H groups in total. The lowest BCUT2D eigenvalue weighted by Gasteiger charge is -2.39. The first-order valence-corrected chi connectivity index (χ1v) is 11.2. The number of unbranched alkanes of at least 4 members (excludes halogenated alkanes) is 1.